The quantitative estimate of drug-likeness (QED) is 0.675. The molecule has 0 atom stereocenters. The van der Waals surface area contributed by atoms with Crippen LogP contribution in [0.2, 0.25) is 0 Å². The van der Waals surface area contributed by atoms with Gasteiger partial charge < -0.3 is 15.0 Å². The van der Waals surface area contributed by atoms with Crippen LogP contribution in [0, 0.1) is 0 Å². The molecule has 1 aliphatic heterocycles. The Balaban J connectivity index is 1.83. The molecule has 3 aromatic carbocycles. The first-order valence-electron chi connectivity index (χ1n) is 9.73. The van der Waals surface area contributed by atoms with Crippen LogP contribution in [0.25, 0.3) is 5.57 Å². The maximum Gasteiger partial charge on any atom is 0.294 e. The third-order valence-corrected chi connectivity index (χ3v) is 5.16. The van der Waals surface area contributed by atoms with E-state index in [0.29, 0.717) is 23.5 Å². The van der Waals surface area contributed by atoms with Crippen molar-refractivity contribution < 1.29 is 14.3 Å². The van der Waals surface area contributed by atoms with Gasteiger partial charge in [0, 0.05) is 31.7 Å². The van der Waals surface area contributed by atoms with Crippen molar-refractivity contribution >= 4 is 23.1 Å². The van der Waals surface area contributed by atoms with Crippen molar-refractivity contribution in [2.75, 3.05) is 19.0 Å². The van der Waals surface area contributed by atoms with Crippen molar-refractivity contribution in [3.63, 3.8) is 0 Å². The van der Waals surface area contributed by atoms with E-state index in [1.54, 1.807) is 31.1 Å². The number of anilines is 1. The predicted octanol–water partition coefficient (Wildman–Crippen LogP) is 4.06. The molecule has 0 fully saturated rings. The van der Waals surface area contributed by atoms with Crippen molar-refractivity contribution in [2.24, 2.45) is 0 Å². The number of likely N-dealkylation sites (N-methyl/N-ethyl adjacent to an activating group) is 1. The van der Waals surface area contributed by atoms with Crippen LogP contribution >= 0.6 is 0 Å². The highest BCUT2D eigenvalue weighted by Crippen LogP contribution is 2.37. The molecule has 0 unspecified atom stereocenters. The van der Waals surface area contributed by atoms with E-state index in [9.17, 15) is 9.59 Å². The summed E-state index contributed by atoms with van der Waals surface area (Å²) in [6, 6.07) is 24.6. The van der Waals surface area contributed by atoms with Gasteiger partial charge >= 0.3 is 0 Å². The predicted molar refractivity (Wildman–Crippen MR) is 117 cm³/mol. The molecule has 0 bridgehead atoms. The second-order valence-corrected chi connectivity index (χ2v) is 7.06. The van der Waals surface area contributed by atoms with Crippen molar-refractivity contribution in [3.8, 4) is 5.75 Å². The molecule has 2 amide bonds. The minimum Gasteiger partial charge on any atom is -0.449 e. The lowest BCUT2D eigenvalue weighted by atomic mass is 9.95. The fraction of sp³-hybridized carbons (Fsp3) is 0.120. The summed E-state index contributed by atoms with van der Waals surface area (Å²) in [7, 11) is 3.35. The van der Waals surface area contributed by atoms with Gasteiger partial charge in [-0.3, -0.25) is 9.59 Å². The van der Waals surface area contributed by atoms with Crippen LogP contribution in [0.5, 0.6) is 5.75 Å². The number of hydrogen-bond donors (Lipinski definition) is 1. The van der Waals surface area contributed by atoms with E-state index >= 15 is 0 Å². The SMILES string of the molecule is CNC(=O)c1ccc(C(Cc2ccccc2)=C2Oc3ccccc3N(C)C2=O)cc1. The van der Waals surface area contributed by atoms with Gasteiger partial charge in [0.25, 0.3) is 11.8 Å². The van der Waals surface area contributed by atoms with Crippen LogP contribution in [0.1, 0.15) is 21.5 Å². The lowest BCUT2D eigenvalue weighted by Gasteiger charge is -2.29. The van der Waals surface area contributed by atoms with Gasteiger partial charge in [-0.2, -0.15) is 0 Å². The number of nitrogens with one attached hydrogen (secondary N) is 1. The van der Waals surface area contributed by atoms with E-state index in [1.165, 1.54) is 0 Å². The molecule has 150 valence electrons. The first-order valence-corrected chi connectivity index (χ1v) is 9.73. The average molecular weight is 398 g/mol. The highest BCUT2D eigenvalue weighted by atomic mass is 16.5. The van der Waals surface area contributed by atoms with Crippen LogP contribution in [0.3, 0.4) is 0 Å². The Bertz CT molecular complexity index is 1120. The monoisotopic (exact) mass is 398 g/mol. The lowest BCUT2D eigenvalue weighted by Crippen LogP contribution is -2.34. The minimum atomic E-state index is -0.199. The molecular weight excluding hydrogens is 376 g/mol. The first kappa shape index (κ1) is 19.5. The number of ether oxygens (including phenoxy) is 1. The topological polar surface area (TPSA) is 58.6 Å². The number of fused-ring (bicyclic) bond motifs is 1. The van der Waals surface area contributed by atoms with Crippen LogP contribution in [-0.2, 0) is 11.2 Å². The van der Waals surface area contributed by atoms with E-state index in [4.69, 9.17) is 4.74 Å². The minimum absolute atomic E-state index is 0.155. The normalized spacial score (nSPS) is 14.6. The molecule has 0 aromatic heterocycles. The molecule has 0 saturated carbocycles. The van der Waals surface area contributed by atoms with Gasteiger partial charge in [0.1, 0.15) is 0 Å². The maximum absolute atomic E-state index is 13.2. The summed E-state index contributed by atoms with van der Waals surface area (Å²) < 4.78 is 6.11. The molecule has 0 spiro atoms. The molecule has 1 aliphatic rings. The van der Waals surface area contributed by atoms with Gasteiger partial charge in [-0.25, -0.2) is 0 Å². The number of amides is 2. The summed E-state index contributed by atoms with van der Waals surface area (Å²) in [5.41, 5.74) is 3.97. The summed E-state index contributed by atoms with van der Waals surface area (Å²) in [6.45, 7) is 0. The highest BCUT2D eigenvalue weighted by Gasteiger charge is 2.30. The summed E-state index contributed by atoms with van der Waals surface area (Å²) in [4.78, 5) is 26.7. The maximum atomic E-state index is 13.2. The number of allylic oxidation sites excluding steroid dienone is 1. The largest absolute Gasteiger partial charge is 0.449 e. The zero-order chi connectivity index (χ0) is 21.1. The van der Waals surface area contributed by atoms with Crippen LogP contribution < -0.4 is 15.0 Å². The zero-order valence-electron chi connectivity index (χ0n) is 16.9. The Labute approximate surface area is 175 Å². The van der Waals surface area contributed by atoms with E-state index in [0.717, 1.165) is 22.4 Å². The molecule has 0 radical (unpaired) electrons. The van der Waals surface area contributed by atoms with Crippen molar-refractivity contribution in [3.05, 3.63) is 101 Å². The third-order valence-electron chi connectivity index (χ3n) is 5.16. The summed E-state index contributed by atoms with van der Waals surface area (Å²) in [6.07, 6.45) is 0.525. The number of para-hydroxylation sites is 2. The standard InChI is InChI=1S/C25H22N2O3/c1-26-24(28)19-14-12-18(13-15-19)20(16-17-8-4-3-5-9-17)23-25(29)27(2)21-10-6-7-11-22(21)30-23/h3-15H,16H2,1-2H3,(H,26,28). The van der Waals surface area contributed by atoms with Crippen molar-refractivity contribution in [2.45, 2.75) is 6.42 Å². The summed E-state index contributed by atoms with van der Waals surface area (Å²) >= 11 is 0. The van der Waals surface area contributed by atoms with Crippen molar-refractivity contribution in [1.29, 1.82) is 0 Å². The number of rotatable bonds is 4. The Morgan fingerprint density at radius 3 is 2.23 bits per heavy atom. The Morgan fingerprint density at radius 2 is 1.53 bits per heavy atom. The second kappa shape index (κ2) is 8.25. The number of hydrogen-bond acceptors (Lipinski definition) is 3. The van der Waals surface area contributed by atoms with Gasteiger partial charge in [0.15, 0.2) is 11.5 Å². The highest BCUT2D eigenvalue weighted by molar-refractivity contribution is 6.11. The Morgan fingerprint density at radius 1 is 0.900 bits per heavy atom. The first-order chi connectivity index (χ1) is 14.6. The molecule has 5 nitrogen and oxygen atoms in total. The van der Waals surface area contributed by atoms with Crippen LogP contribution in [-0.4, -0.2) is 25.9 Å². The number of nitrogens with zero attached hydrogens (tertiary/aromatic N) is 1. The number of benzene rings is 3. The van der Waals surface area contributed by atoms with Gasteiger partial charge in [-0.1, -0.05) is 54.6 Å². The van der Waals surface area contributed by atoms with E-state index < -0.39 is 0 Å². The van der Waals surface area contributed by atoms with Crippen molar-refractivity contribution in [1.82, 2.24) is 5.32 Å². The fourth-order valence-electron chi connectivity index (χ4n) is 3.51. The van der Waals surface area contributed by atoms with Crippen LogP contribution in [0.4, 0.5) is 5.69 Å². The van der Waals surface area contributed by atoms with Gasteiger partial charge in [-0.05, 0) is 35.4 Å². The smallest absolute Gasteiger partial charge is 0.294 e. The average Bonchev–Trinajstić information content (AvgIpc) is 2.80. The Kier molecular flexibility index (Phi) is 5.35. The fourth-order valence-corrected chi connectivity index (χ4v) is 3.51. The summed E-state index contributed by atoms with van der Waals surface area (Å²) in [5, 5.41) is 2.62. The molecule has 0 saturated heterocycles. The van der Waals surface area contributed by atoms with Crippen LogP contribution in [0.15, 0.2) is 84.6 Å². The van der Waals surface area contributed by atoms with Gasteiger partial charge in [-0.15, -0.1) is 0 Å². The third kappa shape index (κ3) is 3.70. The molecule has 1 heterocycles. The number of carbonyl (C=O) groups excluding carboxylic acids is 2. The molecular formula is C25H22N2O3. The molecule has 5 heteroatoms. The zero-order valence-corrected chi connectivity index (χ0v) is 16.9. The van der Waals surface area contributed by atoms with E-state index in [2.05, 4.69) is 5.32 Å². The molecule has 30 heavy (non-hydrogen) atoms. The Hall–Kier alpha value is -3.86. The van der Waals surface area contributed by atoms with Gasteiger partial charge in [0.2, 0.25) is 0 Å². The van der Waals surface area contributed by atoms with E-state index in [1.807, 2.05) is 66.7 Å². The summed E-state index contributed by atoms with van der Waals surface area (Å²) in [5.74, 6) is 0.586. The molecule has 1 N–H and O–H groups in total. The number of carbonyl (C=O) groups is 2. The lowest BCUT2D eigenvalue weighted by molar-refractivity contribution is -0.117. The van der Waals surface area contributed by atoms with E-state index in [-0.39, 0.29) is 11.8 Å². The van der Waals surface area contributed by atoms with Gasteiger partial charge in [0.05, 0.1) is 5.69 Å². The molecule has 4 rings (SSSR count). The molecule has 3 aromatic rings. The molecule has 0 aliphatic carbocycles. The second-order valence-electron chi connectivity index (χ2n) is 7.06.